The van der Waals surface area contributed by atoms with Gasteiger partial charge in [-0.2, -0.15) is 0 Å². The van der Waals surface area contributed by atoms with Crippen LogP contribution in [-0.4, -0.2) is 21.0 Å². The molecule has 0 N–H and O–H groups in total. The lowest BCUT2D eigenvalue weighted by atomic mass is 10.2. The summed E-state index contributed by atoms with van der Waals surface area (Å²) >= 11 is 0. The van der Waals surface area contributed by atoms with Gasteiger partial charge in [0, 0.05) is 13.1 Å². The monoisotopic (exact) mass is 70.1 g/mol. The zero-order valence-corrected chi connectivity index (χ0v) is 3.40. The number of hydrogen-bond donors (Lipinski definition) is 0. The minimum atomic E-state index is 0.344. The molecule has 5 heavy (non-hydrogen) atoms. The molecule has 0 bridgehead atoms. The standard InChI is InChI=1S/C3H7BO/c1-2-5-3-4/h2-3H2,1H3. The molecule has 0 unspecified atom stereocenters. The summed E-state index contributed by atoms with van der Waals surface area (Å²) in [4.78, 5) is 0. The minimum absolute atomic E-state index is 0.344. The maximum Gasteiger partial charge on any atom is 0.104 e. The predicted molar refractivity (Wildman–Crippen MR) is 22.2 cm³/mol. The van der Waals surface area contributed by atoms with E-state index in [2.05, 4.69) is 4.74 Å². The highest BCUT2D eigenvalue weighted by molar-refractivity contribution is 6.08. The molecule has 0 aromatic rings. The summed E-state index contributed by atoms with van der Waals surface area (Å²) in [6.07, 6.45) is 0. The molecule has 0 aliphatic rings. The SMILES string of the molecule is [B]COCC. The molecule has 0 spiro atoms. The van der Waals surface area contributed by atoms with Crippen LogP contribution in [0.25, 0.3) is 0 Å². The second kappa shape index (κ2) is 4.02. The first kappa shape index (κ1) is 5.02. The maximum absolute atomic E-state index is 4.92. The van der Waals surface area contributed by atoms with Crippen molar-refractivity contribution in [3.05, 3.63) is 0 Å². The molecule has 0 saturated carbocycles. The molecule has 0 amide bonds. The van der Waals surface area contributed by atoms with Crippen LogP contribution in [0.1, 0.15) is 6.92 Å². The van der Waals surface area contributed by atoms with Gasteiger partial charge in [0.05, 0.1) is 0 Å². The van der Waals surface area contributed by atoms with Crippen LogP contribution in [0.5, 0.6) is 0 Å². The molecular formula is C3H7BO. The highest BCUT2D eigenvalue weighted by atomic mass is 16.5. The Morgan fingerprint density at radius 3 is 2.40 bits per heavy atom. The molecule has 0 heterocycles. The molecule has 2 heteroatoms. The van der Waals surface area contributed by atoms with E-state index in [1.54, 1.807) is 0 Å². The highest BCUT2D eigenvalue weighted by Gasteiger charge is 1.64. The minimum Gasteiger partial charge on any atom is -0.391 e. The summed E-state index contributed by atoms with van der Waals surface area (Å²) in [5.41, 5.74) is 0. The molecule has 0 aliphatic carbocycles. The van der Waals surface area contributed by atoms with E-state index >= 15 is 0 Å². The van der Waals surface area contributed by atoms with Crippen molar-refractivity contribution < 1.29 is 4.74 Å². The third-order valence-electron chi connectivity index (χ3n) is 0.322. The lowest BCUT2D eigenvalue weighted by Crippen LogP contribution is -1.89. The molecular weight excluding hydrogens is 62.8 g/mol. The molecule has 28 valence electrons. The van der Waals surface area contributed by atoms with E-state index in [-0.39, 0.29) is 0 Å². The Balaban J connectivity index is 2.19. The second-order valence-corrected chi connectivity index (χ2v) is 0.659. The van der Waals surface area contributed by atoms with Gasteiger partial charge in [0.2, 0.25) is 0 Å². The van der Waals surface area contributed by atoms with Crippen LogP contribution in [0.2, 0.25) is 0 Å². The zero-order chi connectivity index (χ0) is 4.12. The van der Waals surface area contributed by atoms with Crippen molar-refractivity contribution in [1.29, 1.82) is 0 Å². The van der Waals surface area contributed by atoms with Crippen LogP contribution in [-0.2, 0) is 4.74 Å². The van der Waals surface area contributed by atoms with Gasteiger partial charge in [-0.3, -0.25) is 0 Å². The summed E-state index contributed by atoms with van der Waals surface area (Å²) in [5.74, 6) is 0. The van der Waals surface area contributed by atoms with Gasteiger partial charge in [-0.1, -0.05) is 0 Å². The topological polar surface area (TPSA) is 9.23 Å². The Hall–Kier alpha value is 0.0249. The van der Waals surface area contributed by atoms with Gasteiger partial charge in [-0.05, 0) is 6.92 Å². The van der Waals surface area contributed by atoms with Crippen LogP contribution in [0.3, 0.4) is 0 Å². The summed E-state index contributed by atoms with van der Waals surface area (Å²) in [5, 5.41) is 0. The maximum atomic E-state index is 4.92. The van der Waals surface area contributed by atoms with Gasteiger partial charge in [-0.25, -0.2) is 0 Å². The first-order valence-electron chi connectivity index (χ1n) is 1.69. The Labute approximate surface area is 33.7 Å². The second-order valence-electron chi connectivity index (χ2n) is 0.659. The first-order chi connectivity index (χ1) is 2.41. The fourth-order valence-corrected chi connectivity index (χ4v) is 0.118. The van der Waals surface area contributed by atoms with Crippen molar-refractivity contribution in [3.63, 3.8) is 0 Å². The fraction of sp³-hybridized carbons (Fsp3) is 1.00. The third kappa shape index (κ3) is 4.02. The van der Waals surface area contributed by atoms with E-state index in [1.165, 1.54) is 0 Å². The number of ether oxygens (including phenoxy) is 1. The third-order valence-corrected chi connectivity index (χ3v) is 0.322. The van der Waals surface area contributed by atoms with Gasteiger partial charge in [0.15, 0.2) is 0 Å². The van der Waals surface area contributed by atoms with Crippen molar-refractivity contribution >= 4 is 7.85 Å². The van der Waals surface area contributed by atoms with Crippen molar-refractivity contribution in [3.8, 4) is 0 Å². The Morgan fingerprint density at radius 1 is 1.80 bits per heavy atom. The molecule has 0 atom stereocenters. The van der Waals surface area contributed by atoms with Gasteiger partial charge in [0.25, 0.3) is 0 Å². The lowest BCUT2D eigenvalue weighted by Gasteiger charge is -1.86. The number of rotatable bonds is 2. The largest absolute Gasteiger partial charge is 0.391 e. The molecule has 0 saturated heterocycles. The Morgan fingerprint density at radius 2 is 2.40 bits per heavy atom. The summed E-state index contributed by atoms with van der Waals surface area (Å²) in [7, 11) is 4.92. The van der Waals surface area contributed by atoms with Crippen LogP contribution >= 0.6 is 0 Å². The van der Waals surface area contributed by atoms with E-state index in [9.17, 15) is 0 Å². The van der Waals surface area contributed by atoms with E-state index in [1.807, 2.05) is 6.92 Å². The quantitative estimate of drug-likeness (QED) is 0.420. The zero-order valence-electron chi connectivity index (χ0n) is 3.40. The van der Waals surface area contributed by atoms with Gasteiger partial charge in [0.1, 0.15) is 7.85 Å². The van der Waals surface area contributed by atoms with Crippen LogP contribution in [0.15, 0.2) is 0 Å². The van der Waals surface area contributed by atoms with Crippen LogP contribution < -0.4 is 0 Å². The molecule has 1 nitrogen and oxygen atoms in total. The lowest BCUT2D eigenvalue weighted by molar-refractivity contribution is 0.195. The molecule has 2 radical (unpaired) electrons. The van der Waals surface area contributed by atoms with E-state index in [4.69, 9.17) is 7.85 Å². The molecule has 0 rings (SSSR count). The fourth-order valence-electron chi connectivity index (χ4n) is 0.118. The van der Waals surface area contributed by atoms with Crippen LogP contribution in [0, 0.1) is 0 Å². The predicted octanol–water partition coefficient (Wildman–Crippen LogP) is 0.149. The van der Waals surface area contributed by atoms with Crippen LogP contribution in [0.4, 0.5) is 0 Å². The van der Waals surface area contributed by atoms with Crippen molar-refractivity contribution in [2.75, 3.05) is 13.1 Å². The summed E-state index contributed by atoms with van der Waals surface area (Å²) in [6, 6.07) is 0. The molecule has 0 aromatic heterocycles. The van der Waals surface area contributed by atoms with Gasteiger partial charge < -0.3 is 4.74 Å². The normalized spacial score (nSPS) is 8.20. The number of hydrogen-bond acceptors (Lipinski definition) is 1. The average Bonchev–Trinajstić information content (AvgIpc) is 1.41. The molecule has 0 aliphatic heterocycles. The summed E-state index contributed by atoms with van der Waals surface area (Å²) < 4.78 is 4.61. The van der Waals surface area contributed by atoms with E-state index in [0.717, 1.165) is 6.61 Å². The van der Waals surface area contributed by atoms with Crippen molar-refractivity contribution in [2.45, 2.75) is 6.92 Å². The first-order valence-corrected chi connectivity index (χ1v) is 1.69. The highest BCUT2D eigenvalue weighted by Crippen LogP contribution is 1.60. The average molecular weight is 69.9 g/mol. The van der Waals surface area contributed by atoms with Crippen molar-refractivity contribution in [2.24, 2.45) is 0 Å². The van der Waals surface area contributed by atoms with Gasteiger partial charge in [-0.15, -0.1) is 0 Å². The molecule has 0 fully saturated rings. The Kier molecular flexibility index (Phi) is 4.05. The smallest absolute Gasteiger partial charge is 0.104 e. The van der Waals surface area contributed by atoms with E-state index in [0.29, 0.717) is 6.51 Å². The van der Waals surface area contributed by atoms with E-state index < -0.39 is 0 Å². The van der Waals surface area contributed by atoms with Crippen molar-refractivity contribution in [1.82, 2.24) is 0 Å². The molecule has 0 aromatic carbocycles. The Bertz CT molecular complexity index is 14.4. The van der Waals surface area contributed by atoms with Gasteiger partial charge >= 0.3 is 0 Å². The summed E-state index contributed by atoms with van der Waals surface area (Å²) in [6.45, 7) is 2.97.